The van der Waals surface area contributed by atoms with E-state index in [9.17, 15) is 22.4 Å². The van der Waals surface area contributed by atoms with Crippen molar-refractivity contribution in [2.24, 2.45) is 0 Å². The lowest BCUT2D eigenvalue weighted by atomic mass is 10.1. The van der Waals surface area contributed by atoms with Gasteiger partial charge >= 0.3 is 6.16 Å². The van der Waals surface area contributed by atoms with E-state index >= 15 is 0 Å². The summed E-state index contributed by atoms with van der Waals surface area (Å²) in [5.41, 5.74) is -0.435. The van der Waals surface area contributed by atoms with E-state index in [-0.39, 0.29) is 40.2 Å². The lowest BCUT2D eigenvalue weighted by Crippen LogP contribution is -2.29. The number of ether oxygens (including phenoxy) is 2. The van der Waals surface area contributed by atoms with Gasteiger partial charge in [-0.15, -0.1) is 0 Å². The standard InChI is InChI=1S/C19H20FN3O6S/c1-3-6-28-19(25)29-14-9-21-17-16(14)11-7-15(12(20)8-13(11)22-18(17)24)30(26,27)23(2)10-4-5-10/h7-10,21H,3-6H2,1-2H3,(H,22,24). The predicted molar refractivity (Wildman–Crippen MR) is 107 cm³/mol. The molecule has 1 aliphatic carbocycles. The monoisotopic (exact) mass is 437 g/mol. The molecule has 0 spiro atoms. The number of carbonyl (C=O) groups excluding carboxylic acids is 1. The summed E-state index contributed by atoms with van der Waals surface area (Å²) in [7, 11) is -2.67. The van der Waals surface area contributed by atoms with Crippen LogP contribution in [0.5, 0.6) is 5.75 Å². The molecule has 0 radical (unpaired) electrons. The van der Waals surface area contributed by atoms with E-state index in [0.29, 0.717) is 6.42 Å². The van der Waals surface area contributed by atoms with E-state index in [1.54, 1.807) is 0 Å². The van der Waals surface area contributed by atoms with Gasteiger partial charge in [-0.05, 0) is 31.4 Å². The van der Waals surface area contributed by atoms with Crippen molar-refractivity contribution in [3.05, 3.63) is 34.5 Å². The van der Waals surface area contributed by atoms with E-state index < -0.39 is 32.5 Å². The number of sulfonamides is 1. The van der Waals surface area contributed by atoms with Crippen LogP contribution in [0.3, 0.4) is 0 Å². The van der Waals surface area contributed by atoms with Crippen LogP contribution in [0.15, 0.2) is 28.0 Å². The SMILES string of the molecule is CCCOC(=O)Oc1c[nH]c2c(=O)[nH]c3cc(F)c(S(=O)(=O)N(C)C4CC4)cc3c12. The third-order valence-electron chi connectivity index (χ3n) is 5.00. The summed E-state index contributed by atoms with van der Waals surface area (Å²) >= 11 is 0. The second-order valence-electron chi connectivity index (χ2n) is 7.14. The summed E-state index contributed by atoms with van der Waals surface area (Å²) in [5, 5.41) is 0.376. The molecule has 0 aliphatic heterocycles. The average molecular weight is 437 g/mol. The Morgan fingerprint density at radius 2 is 2.07 bits per heavy atom. The summed E-state index contributed by atoms with van der Waals surface area (Å²) in [6, 6.07) is 1.95. The molecule has 11 heteroatoms. The van der Waals surface area contributed by atoms with Crippen molar-refractivity contribution in [3.63, 3.8) is 0 Å². The normalized spacial score (nSPS) is 14.5. The largest absolute Gasteiger partial charge is 0.513 e. The molecule has 0 bridgehead atoms. The number of hydrogen-bond donors (Lipinski definition) is 2. The summed E-state index contributed by atoms with van der Waals surface area (Å²) in [6.07, 6.45) is 2.37. The van der Waals surface area contributed by atoms with Crippen LogP contribution < -0.4 is 10.3 Å². The number of carbonyl (C=O) groups is 1. The lowest BCUT2D eigenvalue weighted by molar-refractivity contribution is 0.0997. The van der Waals surface area contributed by atoms with Crippen LogP contribution in [-0.4, -0.2) is 48.5 Å². The molecule has 0 amide bonds. The molecule has 160 valence electrons. The van der Waals surface area contributed by atoms with Crippen LogP contribution in [0.25, 0.3) is 21.8 Å². The van der Waals surface area contributed by atoms with Gasteiger partial charge in [-0.25, -0.2) is 17.6 Å². The molecule has 2 N–H and O–H groups in total. The molecule has 4 rings (SSSR count). The zero-order valence-corrected chi connectivity index (χ0v) is 17.1. The number of pyridine rings is 1. The Balaban J connectivity index is 1.90. The van der Waals surface area contributed by atoms with Gasteiger partial charge in [0.05, 0.1) is 17.5 Å². The first-order valence-corrected chi connectivity index (χ1v) is 10.9. The Hall–Kier alpha value is -2.92. The Labute approximate surface area is 170 Å². The van der Waals surface area contributed by atoms with Gasteiger partial charge in [-0.2, -0.15) is 4.31 Å². The molecule has 0 saturated heterocycles. The minimum atomic E-state index is -4.08. The lowest BCUT2D eigenvalue weighted by Gasteiger charge is -2.17. The zero-order chi connectivity index (χ0) is 21.6. The van der Waals surface area contributed by atoms with E-state index in [0.717, 1.165) is 29.3 Å². The third-order valence-corrected chi connectivity index (χ3v) is 6.92. The molecule has 1 saturated carbocycles. The van der Waals surface area contributed by atoms with Crippen molar-refractivity contribution < 1.29 is 27.1 Å². The number of halogens is 1. The molecule has 0 atom stereocenters. The number of rotatable bonds is 6. The second kappa shape index (κ2) is 7.40. The van der Waals surface area contributed by atoms with Gasteiger partial charge in [-0.3, -0.25) is 4.79 Å². The Bertz CT molecular complexity index is 1310. The fourth-order valence-electron chi connectivity index (χ4n) is 3.27. The molecular formula is C19H20FN3O6S. The number of hydrogen-bond acceptors (Lipinski definition) is 6. The van der Waals surface area contributed by atoms with Crippen LogP contribution in [0.4, 0.5) is 9.18 Å². The van der Waals surface area contributed by atoms with Crippen LogP contribution in [-0.2, 0) is 14.8 Å². The van der Waals surface area contributed by atoms with Crippen LogP contribution >= 0.6 is 0 Å². The first-order valence-electron chi connectivity index (χ1n) is 9.43. The van der Waals surface area contributed by atoms with Crippen molar-refractivity contribution in [2.75, 3.05) is 13.7 Å². The highest BCUT2D eigenvalue weighted by Crippen LogP contribution is 2.35. The number of nitrogens with one attached hydrogen (secondary N) is 2. The molecule has 1 aromatic carbocycles. The summed E-state index contributed by atoms with van der Waals surface area (Å²) in [5.74, 6) is -1.00. The highest BCUT2D eigenvalue weighted by Gasteiger charge is 2.36. The number of benzene rings is 1. The number of H-pyrrole nitrogens is 2. The average Bonchev–Trinajstić information content (AvgIpc) is 3.46. The van der Waals surface area contributed by atoms with Crippen LogP contribution in [0.1, 0.15) is 26.2 Å². The fraction of sp³-hybridized carbons (Fsp3) is 0.368. The molecule has 1 aliphatic rings. The number of fused-ring (bicyclic) bond motifs is 3. The summed E-state index contributed by atoms with van der Waals surface area (Å²) in [4.78, 5) is 28.9. The van der Waals surface area contributed by atoms with Gasteiger partial charge in [0.25, 0.3) is 5.56 Å². The van der Waals surface area contributed by atoms with Crippen molar-refractivity contribution in [1.82, 2.24) is 14.3 Å². The fourth-order valence-corrected chi connectivity index (χ4v) is 4.76. The van der Waals surface area contributed by atoms with Gasteiger partial charge in [0.15, 0.2) is 5.75 Å². The van der Waals surface area contributed by atoms with Crippen LogP contribution in [0.2, 0.25) is 0 Å². The van der Waals surface area contributed by atoms with Crippen molar-refractivity contribution in [2.45, 2.75) is 37.1 Å². The van der Waals surface area contributed by atoms with Gasteiger partial charge in [0.2, 0.25) is 10.0 Å². The van der Waals surface area contributed by atoms with Gasteiger partial charge in [-0.1, -0.05) is 6.92 Å². The molecule has 3 aromatic rings. The molecule has 30 heavy (non-hydrogen) atoms. The smallest absolute Gasteiger partial charge is 0.434 e. The topological polar surface area (TPSA) is 122 Å². The highest BCUT2D eigenvalue weighted by atomic mass is 32.2. The highest BCUT2D eigenvalue weighted by molar-refractivity contribution is 7.89. The molecule has 0 unspecified atom stereocenters. The molecule has 9 nitrogen and oxygen atoms in total. The summed E-state index contributed by atoms with van der Waals surface area (Å²) < 4.78 is 51.8. The predicted octanol–water partition coefficient (Wildman–Crippen LogP) is 2.86. The second-order valence-corrected chi connectivity index (χ2v) is 9.10. The minimum Gasteiger partial charge on any atom is -0.434 e. The third kappa shape index (κ3) is 3.43. The van der Waals surface area contributed by atoms with Gasteiger partial charge in [0, 0.05) is 24.7 Å². The quantitative estimate of drug-likeness (QED) is 0.572. The van der Waals surface area contributed by atoms with Gasteiger partial charge in [0.1, 0.15) is 16.2 Å². The first kappa shape index (κ1) is 20.4. The molecule has 2 aromatic heterocycles. The van der Waals surface area contributed by atoms with E-state index in [2.05, 4.69) is 9.97 Å². The number of aromatic amines is 2. The number of aromatic nitrogens is 2. The number of nitrogens with zero attached hydrogens (tertiary/aromatic N) is 1. The van der Waals surface area contributed by atoms with E-state index in [1.807, 2.05) is 6.92 Å². The van der Waals surface area contributed by atoms with Crippen LogP contribution in [0, 0.1) is 5.82 Å². The Morgan fingerprint density at radius 1 is 1.33 bits per heavy atom. The first-order chi connectivity index (χ1) is 14.2. The molecule has 1 fully saturated rings. The van der Waals surface area contributed by atoms with Crippen molar-refractivity contribution >= 4 is 38.0 Å². The molecule has 2 heterocycles. The maximum Gasteiger partial charge on any atom is 0.513 e. The molecular weight excluding hydrogens is 417 g/mol. The minimum absolute atomic E-state index is 0.0206. The Morgan fingerprint density at radius 3 is 2.73 bits per heavy atom. The maximum atomic E-state index is 14.7. The van der Waals surface area contributed by atoms with Crippen molar-refractivity contribution in [1.29, 1.82) is 0 Å². The van der Waals surface area contributed by atoms with E-state index in [4.69, 9.17) is 9.47 Å². The summed E-state index contributed by atoms with van der Waals surface area (Å²) in [6.45, 7) is 1.98. The van der Waals surface area contributed by atoms with Crippen molar-refractivity contribution in [3.8, 4) is 5.75 Å². The van der Waals surface area contributed by atoms with Gasteiger partial charge < -0.3 is 19.4 Å². The van der Waals surface area contributed by atoms with E-state index in [1.165, 1.54) is 13.2 Å². The Kier molecular flexibility index (Phi) is 5.02. The maximum absolute atomic E-state index is 14.7. The zero-order valence-electron chi connectivity index (χ0n) is 16.3.